The number of amides is 2. The molecule has 0 bridgehead atoms. The highest BCUT2D eigenvalue weighted by Crippen LogP contribution is 2.38. The van der Waals surface area contributed by atoms with Gasteiger partial charge in [-0.1, -0.05) is 22.9 Å². The van der Waals surface area contributed by atoms with Gasteiger partial charge in [-0.2, -0.15) is 0 Å². The Morgan fingerprint density at radius 2 is 1.93 bits per heavy atom. The van der Waals surface area contributed by atoms with E-state index < -0.39 is 9.84 Å². The molecule has 0 saturated carbocycles. The Morgan fingerprint density at radius 1 is 1.18 bits per heavy atom. The van der Waals surface area contributed by atoms with Crippen LogP contribution < -0.4 is 4.90 Å². The van der Waals surface area contributed by atoms with Crippen LogP contribution >= 0.6 is 15.9 Å². The average molecular weight is 471 g/mol. The lowest BCUT2D eigenvalue weighted by Gasteiger charge is -2.33. The molecule has 2 aliphatic rings. The Labute approximate surface area is 175 Å². The van der Waals surface area contributed by atoms with Gasteiger partial charge in [0.15, 0.2) is 9.84 Å². The lowest BCUT2D eigenvalue weighted by atomic mass is 10.0. The molecule has 3 rings (SSSR count). The van der Waals surface area contributed by atoms with E-state index in [0.717, 1.165) is 24.8 Å². The van der Waals surface area contributed by atoms with E-state index in [-0.39, 0.29) is 34.9 Å². The second-order valence-corrected chi connectivity index (χ2v) is 10.6. The molecule has 1 aromatic rings. The fraction of sp³-hybridized carbons (Fsp3) is 0.600. The third kappa shape index (κ3) is 4.27. The maximum absolute atomic E-state index is 13.1. The van der Waals surface area contributed by atoms with Gasteiger partial charge in [-0.25, -0.2) is 8.42 Å². The molecule has 2 amide bonds. The number of nitrogens with zero attached hydrogens (tertiary/aromatic N) is 2. The van der Waals surface area contributed by atoms with Crippen molar-refractivity contribution < 1.29 is 18.0 Å². The van der Waals surface area contributed by atoms with Crippen LogP contribution in [0.25, 0.3) is 0 Å². The summed E-state index contributed by atoms with van der Waals surface area (Å²) >= 11 is 3.39. The van der Waals surface area contributed by atoms with Crippen molar-refractivity contribution in [2.75, 3.05) is 23.7 Å². The summed E-state index contributed by atoms with van der Waals surface area (Å²) in [6.07, 6.45) is 3.96. The summed E-state index contributed by atoms with van der Waals surface area (Å²) in [5.41, 5.74) is 1.35. The van der Waals surface area contributed by atoms with Gasteiger partial charge < -0.3 is 9.80 Å². The molecule has 0 aliphatic carbocycles. The number of carbonyl (C=O) groups is 2. The lowest BCUT2D eigenvalue weighted by Crippen LogP contribution is -2.42. The predicted octanol–water partition coefficient (Wildman–Crippen LogP) is 3.31. The highest BCUT2D eigenvalue weighted by molar-refractivity contribution is 9.10. The van der Waals surface area contributed by atoms with E-state index in [9.17, 15) is 18.0 Å². The molecule has 1 atom stereocenters. The molecular formula is C20H27BrN2O4S. The zero-order valence-electron chi connectivity index (χ0n) is 16.4. The molecule has 1 aromatic carbocycles. The first-order chi connectivity index (χ1) is 13.2. The Bertz CT molecular complexity index is 884. The van der Waals surface area contributed by atoms with E-state index in [2.05, 4.69) is 15.9 Å². The molecule has 0 N–H and O–H groups in total. The van der Waals surface area contributed by atoms with Crippen LogP contribution in [0.5, 0.6) is 0 Å². The maximum Gasteiger partial charge on any atom is 0.226 e. The summed E-state index contributed by atoms with van der Waals surface area (Å²) in [6, 6.07) is 3.60. The van der Waals surface area contributed by atoms with E-state index in [0.29, 0.717) is 36.1 Å². The molecule has 28 heavy (non-hydrogen) atoms. The molecule has 154 valence electrons. The SMILES string of the molecule is CCC(=O)N1CCc2cc(Br)cc(S(=O)(=O)CCC(=O)N3CCCCC3C)c21. The summed E-state index contributed by atoms with van der Waals surface area (Å²) < 4.78 is 27.0. The second-order valence-electron chi connectivity index (χ2n) is 7.56. The minimum atomic E-state index is -3.71. The van der Waals surface area contributed by atoms with Crippen molar-refractivity contribution in [1.82, 2.24) is 4.90 Å². The highest BCUT2D eigenvalue weighted by atomic mass is 79.9. The zero-order valence-corrected chi connectivity index (χ0v) is 18.8. The molecule has 2 aliphatic heterocycles. The van der Waals surface area contributed by atoms with Crippen LogP contribution in [0.2, 0.25) is 0 Å². The van der Waals surface area contributed by atoms with Gasteiger partial charge in [0, 0.05) is 36.4 Å². The number of halogens is 1. The zero-order chi connectivity index (χ0) is 20.5. The summed E-state index contributed by atoms with van der Waals surface area (Å²) in [5, 5.41) is 0. The van der Waals surface area contributed by atoms with Crippen molar-refractivity contribution >= 4 is 43.3 Å². The summed E-state index contributed by atoms with van der Waals surface area (Å²) in [7, 11) is -3.71. The largest absolute Gasteiger partial charge is 0.340 e. The van der Waals surface area contributed by atoms with Crippen LogP contribution in [0.1, 0.15) is 51.5 Å². The normalized spacial score (nSPS) is 19.6. The molecule has 1 fully saturated rings. The first kappa shape index (κ1) is 21.3. The summed E-state index contributed by atoms with van der Waals surface area (Å²) in [6.45, 7) is 4.98. The van der Waals surface area contributed by atoms with Gasteiger partial charge in [0.25, 0.3) is 0 Å². The van der Waals surface area contributed by atoms with Gasteiger partial charge in [-0.3, -0.25) is 9.59 Å². The average Bonchev–Trinajstić information content (AvgIpc) is 3.08. The number of anilines is 1. The first-order valence-electron chi connectivity index (χ1n) is 9.89. The number of carbonyl (C=O) groups excluding carboxylic acids is 2. The number of piperidine rings is 1. The monoisotopic (exact) mass is 470 g/mol. The van der Waals surface area contributed by atoms with Gasteiger partial charge in [0.1, 0.15) is 0 Å². The fourth-order valence-corrected chi connectivity index (χ4v) is 6.25. The molecular weight excluding hydrogens is 444 g/mol. The van der Waals surface area contributed by atoms with Crippen LogP contribution in [0.3, 0.4) is 0 Å². The van der Waals surface area contributed by atoms with Gasteiger partial charge in [-0.05, 0) is 50.3 Å². The molecule has 1 unspecified atom stereocenters. The fourth-order valence-electron chi connectivity index (χ4n) is 4.09. The minimum Gasteiger partial charge on any atom is -0.340 e. The molecule has 0 radical (unpaired) electrons. The Morgan fingerprint density at radius 3 is 2.61 bits per heavy atom. The number of hydrogen-bond donors (Lipinski definition) is 0. The van der Waals surface area contributed by atoms with Gasteiger partial charge in [0.2, 0.25) is 11.8 Å². The Kier molecular flexibility index (Phi) is 6.49. The van der Waals surface area contributed by atoms with Crippen molar-refractivity contribution in [3.05, 3.63) is 22.2 Å². The van der Waals surface area contributed by atoms with Crippen molar-refractivity contribution in [3.63, 3.8) is 0 Å². The van der Waals surface area contributed by atoms with Gasteiger partial charge in [-0.15, -0.1) is 0 Å². The third-order valence-corrected chi connectivity index (χ3v) is 7.82. The topological polar surface area (TPSA) is 74.8 Å². The molecule has 0 aromatic heterocycles. The molecule has 8 heteroatoms. The summed E-state index contributed by atoms with van der Waals surface area (Å²) in [5.74, 6) is -0.439. The molecule has 0 spiro atoms. The number of fused-ring (bicyclic) bond motifs is 1. The Balaban J connectivity index is 1.84. The van der Waals surface area contributed by atoms with Crippen LogP contribution in [-0.2, 0) is 25.8 Å². The standard InChI is InChI=1S/C20H27BrN2O4S/c1-3-18(24)23-10-7-15-12-16(21)13-17(20(15)23)28(26,27)11-8-19(25)22-9-5-4-6-14(22)2/h12-14H,3-11H2,1-2H3. The van der Waals surface area contributed by atoms with E-state index in [4.69, 9.17) is 0 Å². The number of hydrogen-bond acceptors (Lipinski definition) is 4. The molecule has 2 heterocycles. The second kappa shape index (κ2) is 8.53. The van der Waals surface area contributed by atoms with Crippen LogP contribution in [0.4, 0.5) is 5.69 Å². The molecule has 1 saturated heterocycles. The summed E-state index contributed by atoms with van der Waals surface area (Å²) in [4.78, 5) is 28.4. The first-order valence-corrected chi connectivity index (χ1v) is 12.3. The quantitative estimate of drug-likeness (QED) is 0.661. The van der Waals surface area contributed by atoms with E-state index in [1.54, 1.807) is 22.8 Å². The van der Waals surface area contributed by atoms with Gasteiger partial charge in [0.05, 0.1) is 16.3 Å². The number of likely N-dealkylation sites (tertiary alicyclic amines) is 1. The van der Waals surface area contributed by atoms with Crippen LogP contribution in [0.15, 0.2) is 21.5 Å². The van der Waals surface area contributed by atoms with Crippen molar-refractivity contribution in [2.45, 2.75) is 63.3 Å². The van der Waals surface area contributed by atoms with Crippen LogP contribution in [0, 0.1) is 0 Å². The molecule has 6 nitrogen and oxygen atoms in total. The Hall–Kier alpha value is -1.41. The number of rotatable bonds is 5. The lowest BCUT2D eigenvalue weighted by molar-refractivity contribution is -0.134. The van der Waals surface area contributed by atoms with Gasteiger partial charge >= 0.3 is 0 Å². The van der Waals surface area contributed by atoms with E-state index in [1.807, 2.05) is 13.0 Å². The maximum atomic E-state index is 13.1. The van der Waals surface area contributed by atoms with Crippen LogP contribution in [-0.4, -0.2) is 50.0 Å². The van der Waals surface area contributed by atoms with E-state index in [1.165, 1.54) is 0 Å². The predicted molar refractivity (Wildman–Crippen MR) is 112 cm³/mol. The number of sulfone groups is 1. The van der Waals surface area contributed by atoms with Crippen molar-refractivity contribution in [2.24, 2.45) is 0 Å². The minimum absolute atomic E-state index is 0.0321. The third-order valence-electron chi connectivity index (χ3n) is 5.64. The van der Waals surface area contributed by atoms with Crippen molar-refractivity contribution in [3.8, 4) is 0 Å². The smallest absolute Gasteiger partial charge is 0.226 e. The van der Waals surface area contributed by atoms with Crippen molar-refractivity contribution in [1.29, 1.82) is 0 Å². The highest BCUT2D eigenvalue weighted by Gasteiger charge is 2.33. The van der Waals surface area contributed by atoms with E-state index >= 15 is 0 Å². The number of benzene rings is 1.